The number of carbonyl (C=O) groups is 1. The molecule has 2 fully saturated rings. The van der Waals surface area contributed by atoms with Crippen LogP contribution in [0.2, 0.25) is 5.15 Å². The second-order valence-corrected chi connectivity index (χ2v) is 5.45. The third kappa shape index (κ3) is 2.14. The standard InChI is InChI=1S/C12H15ClN4O/c13-10-11(15-4-3-14-10)16-17-12(18)9-6-7-1-2-8(9)5-7/h3-4,7-9H,1-2,5-6H2,(H,15,16)(H,17,18)/t7-,8+,9-/m1/s1. The molecule has 1 heterocycles. The van der Waals surface area contributed by atoms with Crippen molar-refractivity contribution in [2.24, 2.45) is 17.8 Å². The van der Waals surface area contributed by atoms with Gasteiger partial charge in [0.05, 0.1) is 0 Å². The van der Waals surface area contributed by atoms with E-state index in [-0.39, 0.29) is 17.0 Å². The van der Waals surface area contributed by atoms with Crippen molar-refractivity contribution in [2.45, 2.75) is 25.7 Å². The number of halogens is 1. The van der Waals surface area contributed by atoms with Crippen LogP contribution in [0.15, 0.2) is 12.4 Å². The lowest BCUT2D eigenvalue weighted by Gasteiger charge is -2.21. The lowest BCUT2D eigenvalue weighted by atomic mass is 9.88. The number of amides is 1. The SMILES string of the molecule is O=C(NNc1nccnc1Cl)[C@@H]1C[C@@H]2CC[C@H]1C2. The predicted octanol–water partition coefficient (Wildman–Crippen LogP) is 2.01. The van der Waals surface area contributed by atoms with Crippen LogP contribution in [0.4, 0.5) is 5.82 Å². The smallest absolute Gasteiger partial charge is 0.241 e. The summed E-state index contributed by atoms with van der Waals surface area (Å²) in [6, 6.07) is 0. The zero-order valence-corrected chi connectivity index (χ0v) is 10.7. The second kappa shape index (κ2) is 4.72. The molecule has 18 heavy (non-hydrogen) atoms. The summed E-state index contributed by atoms with van der Waals surface area (Å²) in [6.45, 7) is 0. The quantitative estimate of drug-likeness (QED) is 0.822. The number of hydrogen-bond donors (Lipinski definition) is 2. The summed E-state index contributed by atoms with van der Waals surface area (Å²) in [5, 5.41) is 0.255. The Kier molecular flexibility index (Phi) is 3.07. The number of nitrogens with zero attached hydrogens (tertiary/aromatic N) is 2. The molecule has 1 aromatic rings. The van der Waals surface area contributed by atoms with Crippen molar-refractivity contribution in [1.29, 1.82) is 0 Å². The fraction of sp³-hybridized carbons (Fsp3) is 0.583. The molecule has 2 saturated carbocycles. The number of hydrazine groups is 1. The minimum atomic E-state index is 0.0453. The Morgan fingerprint density at radius 3 is 2.78 bits per heavy atom. The molecule has 6 heteroatoms. The molecule has 1 aromatic heterocycles. The Hall–Kier alpha value is -1.36. The van der Waals surface area contributed by atoms with Gasteiger partial charge < -0.3 is 0 Å². The van der Waals surface area contributed by atoms with Crippen LogP contribution in [0.5, 0.6) is 0 Å². The molecule has 1 amide bonds. The van der Waals surface area contributed by atoms with Crippen LogP contribution < -0.4 is 10.9 Å². The lowest BCUT2D eigenvalue weighted by molar-refractivity contribution is -0.126. The molecule has 3 rings (SSSR count). The van der Waals surface area contributed by atoms with Gasteiger partial charge in [-0.3, -0.25) is 15.6 Å². The minimum absolute atomic E-state index is 0.0453. The molecule has 2 aliphatic rings. The number of aromatic nitrogens is 2. The fourth-order valence-electron chi connectivity index (χ4n) is 3.18. The van der Waals surface area contributed by atoms with E-state index in [4.69, 9.17) is 11.6 Å². The Morgan fingerprint density at radius 1 is 1.28 bits per heavy atom. The third-order valence-corrected chi connectivity index (χ3v) is 4.31. The molecule has 2 aliphatic carbocycles. The highest BCUT2D eigenvalue weighted by molar-refractivity contribution is 6.31. The van der Waals surface area contributed by atoms with E-state index >= 15 is 0 Å². The first-order chi connectivity index (χ1) is 8.74. The first-order valence-corrected chi connectivity index (χ1v) is 6.64. The summed E-state index contributed by atoms with van der Waals surface area (Å²) in [5.74, 6) is 1.89. The maximum absolute atomic E-state index is 12.1. The molecule has 0 aromatic carbocycles. The van der Waals surface area contributed by atoms with Crippen LogP contribution in [-0.2, 0) is 4.79 Å². The van der Waals surface area contributed by atoms with Crippen LogP contribution >= 0.6 is 11.6 Å². The normalized spacial score (nSPS) is 29.3. The van der Waals surface area contributed by atoms with E-state index in [9.17, 15) is 4.79 Å². The molecular weight excluding hydrogens is 252 g/mol. The molecule has 96 valence electrons. The van der Waals surface area contributed by atoms with Crippen molar-refractivity contribution < 1.29 is 4.79 Å². The van der Waals surface area contributed by atoms with E-state index in [0.717, 1.165) is 12.3 Å². The van der Waals surface area contributed by atoms with Crippen LogP contribution in [-0.4, -0.2) is 15.9 Å². The number of anilines is 1. The zero-order chi connectivity index (χ0) is 12.5. The minimum Gasteiger partial charge on any atom is -0.279 e. The third-order valence-electron chi connectivity index (χ3n) is 4.03. The van der Waals surface area contributed by atoms with Gasteiger partial charge >= 0.3 is 0 Å². The van der Waals surface area contributed by atoms with Crippen LogP contribution in [0.1, 0.15) is 25.7 Å². The highest BCUT2D eigenvalue weighted by atomic mass is 35.5. The monoisotopic (exact) mass is 266 g/mol. The second-order valence-electron chi connectivity index (χ2n) is 5.09. The summed E-state index contributed by atoms with van der Waals surface area (Å²) in [6.07, 6.45) is 7.74. The molecule has 5 nitrogen and oxygen atoms in total. The van der Waals surface area contributed by atoms with E-state index < -0.39 is 0 Å². The van der Waals surface area contributed by atoms with E-state index in [1.165, 1.54) is 31.7 Å². The van der Waals surface area contributed by atoms with Gasteiger partial charge in [0.25, 0.3) is 0 Å². The number of fused-ring (bicyclic) bond motifs is 2. The van der Waals surface area contributed by atoms with Gasteiger partial charge in [-0.05, 0) is 31.1 Å². The maximum atomic E-state index is 12.1. The van der Waals surface area contributed by atoms with Gasteiger partial charge in [0, 0.05) is 18.3 Å². The average molecular weight is 267 g/mol. The average Bonchev–Trinajstić information content (AvgIpc) is 2.99. The maximum Gasteiger partial charge on any atom is 0.241 e. The molecule has 0 radical (unpaired) electrons. The number of nitrogens with one attached hydrogen (secondary N) is 2. The summed E-state index contributed by atoms with van der Waals surface area (Å²) in [4.78, 5) is 19.9. The highest BCUT2D eigenvalue weighted by Crippen LogP contribution is 2.48. The molecule has 3 atom stereocenters. The van der Waals surface area contributed by atoms with Gasteiger partial charge in [-0.15, -0.1) is 0 Å². The van der Waals surface area contributed by atoms with E-state index in [2.05, 4.69) is 20.8 Å². The van der Waals surface area contributed by atoms with Gasteiger partial charge in [-0.1, -0.05) is 18.0 Å². The number of rotatable bonds is 3. The van der Waals surface area contributed by atoms with Gasteiger partial charge in [-0.2, -0.15) is 0 Å². The van der Waals surface area contributed by atoms with Gasteiger partial charge in [-0.25, -0.2) is 9.97 Å². The predicted molar refractivity (Wildman–Crippen MR) is 67.7 cm³/mol. The van der Waals surface area contributed by atoms with Crippen LogP contribution in [0.3, 0.4) is 0 Å². The Labute approximate surface area is 110 Å². The first kappa shape index (κ1) is 11.7. The molecule has 2 N–H and O–H groups in total. The number of hydrogen-bond acceptors (Lipinski definition) is 4. The Balaban J connectivity index is 1.58. The fourth-order valence-corrected chi connectivity index (χ4v) is 3.34. The first-order valence-electron chi connectivity index (χ1n) is 6.26. The molecule has 0 spiro atoms. The lowest BCUT2D eigenvalue weighted by Crippen LogP contribution is -2.37. The van der Waals surface area contributed by atoms with Crippen molar-refractivity contribution >= 4 is 23.3 Å². The summed E-state index contributed by atoms with van der Waals surface area (Å²) < 4.78 is 0. The van der Waals surface area contributed by atoms with E-state index in [1.54, 1.807) is 0 Å². The van der Waals surface area contributed by atoms with Crippen molar-refractivity contribution in [2.75, 3.05) is 5.43 Å². The van der Waals surface area contributed by atoms with Crippen molar-refractivity contribution in [3.05, 3.63) is 17.5 Å². The van der Waals surface area contributed by atoms with Crippen LogP contribution in [0.25, 0.3) is 0 Å². The van der Waals surface area contributed by atoms with Gasteiger partial charge in [0.1, 0.15) is 0 Å². The molecule has 0 unspecified atom stereocenters. The van der Waals surface area contributed by atoms with Crippen molar-refractivity contribution in [3.8, 4) is 0 Å². The molecule has 0 aliphatic heterocycles. The summed E-state index contributed by atoms with van der Waals surface area (Å²) >= 11 is 5.84. The van der Waals surface area contributed by atoms with Crippen molar-refractivity contribution in [3.63, 3.8) is 0 Å². The van der Waals surface area contributed by atoms with Gasteiger partial charge in [0.15, 0.2) is 11.0 Å². The Morgan fingerprint density at radius 2 is 2.11 bits per heavy atom. The van der Waals surface area contributed by atoms with Crippen molar-refractivity contribution in [1.82, 2.24) is 15.4 Å². The van der Waals surface area contributed by atoms with E-state index in [1.807, 2.05) is 0 Å². The van der Waals surface area contributed by atoms with Gasteiger partial charge in [0.2, 0.25) is 5.91 Å². The molecule has 0 saturated heterocycles. The summed E-state index contributed by atoms with van der Waals surface area (Å²) in [5.41, 5.74) is 5.43. The largest absolute Gasteiger partial charge is 0.279 e. The zero-order valence-electron chi connectivity index (χ0n) is 9.90. The number of carbonyl (C=O) groups excluding carboxylic acids is 1. The topological polar surface area (TPSA) is 66.9 Å². The molecular formula is C12H15ClN4O. The summed E-state index contributed by atoms with van der Waals surface area (Å²) in [7, 11) is 0. The van der Waals surface area contributed by atoms with Crippen LogP contribution in [0, 0.1) is 17.8 Å². The highest BCUT2D eigenvalue weighted by Gasteiger charge is 2.43. The van der Waals surface area contributed by atoms with E-state index in [0.29, 0.717) is 11.7 Å². The Bertz CT molecular complexity index is 467. The molecule has 2 bridgehead atoms.